The predicted molar refractivity (Wildman–Crippen MR) is 455 cm³/mol. The van der Waals surface area contributed by atoms with E-state index in [2.05, 4.69) is 86.8 Å². The number of esters is 2. The lowest BCUT2D eigenvalue weighted by Crippen LogP contribution is -2.37. The minimum Gasteiger partial charge on any atom is -0.462 e. The Morgan fingerprint density at radius 1 is 0.308 bits per heavy atom. The molecule has 0 spiro atoms. The summed E-state index contributed by atoms with van der Waals surface area (Å²) in [6, 6.07) is 0. The molecule has 10 heteroatoms. The number of carbonyl (C=O) groups is 2. The molecule has 9 nitrogen and oxygen atoms in total. The van der Waals surface area contributed by atoms with Crippen LogP contribution in [-0.2, 0) is 32.7 Å². The van der Waals surface area contributed by atoms with E-state index in [4.69, 9.17) is 18.5 Å². The lowest BCUT2D eigenvalue weighted by molar-refractivity contribution is -0.870. The Kier molecular flexibility index (Phi) is 82.4. The molecule has 0 aliphatic heterocycles. The zero-order valence-electron chi connectivity index (χ0n) is 70.0. The summed E-state index contributed by atoms with van der Waals surface area (Å²) in [7, 11) is 1.50. The van der Waals surface area contributed by atoms with Gasteiger partial charge >= 0.3 is 19.8 Å². The van der Waals surface area contributed by atoms with E-state index < -0.39 is 26.5 Å². The molecule has 0 bridgehead atoms. The first kappa shape index (κ1) is 101. The summed E-state index contributed by atoms with van der Waals surface area (Å²) in [4.78, 5) is 36.1. The number of likely N-dealkylation sites (N-methyl/N-ethyl adjacent to an activating group) is 1. The van der Waals surface area contributed by atoms with Gasteiger partial charge in [0.05, 0.1) is 27.7 Å². The highest BCUT2D eigenvalue weighted by Crippen LogP contribution is 2.43. The second kappa shape index (κ2) is 84.5. The maximum atomic E-state index is 13.0. The highest BCUT2D eigenvalue weighted by molar-refractivity contribution is 7.47. The minimum absolute atomic E-state index is 0.0343. The van der Waals surface area contributed by atoms with Gasteiger partial charge in [-0.15, -0.1) is 0 Å². The number of quaternary nitrogens is 1. The van der Waals surface area contributed by atoms with Crippen LogP contribution < -0.4 is 0 Å². The SMILES string of the molecule is CC/C=C\C/C=C\C/C=C\C/C=C\C/C=C\CCCCCCCCCCCCCCCCCCCCCCCCCC(=O)OC(COC(=O)CCCCCCCCCCCCCCCCCCCCCCCCCCCCCCC/C=C\CCCCCCCCCC)COP(=O)(O)OCC[N+](C)(C)C. The van der Waals surface area contributed by atoms with Crippen molar-refractivity contribution in [1.82, 2.24) is 0 Å². The van der Waals surface area contributed by atoms with Gasteiger partial charge in [-0.1, -0.05) is 440 Å². The standard InChI is InChI=1S/C94H176NO8P/c1-6-8-10-12-14-16-18-20-22-24-26-28-30-32-34-36-38-40-42-44-46-47-49-50-52-54-56-58-60-62-64-66-68-70-72-74-76-78-80-82-84-86-93(96)100-90-92(91-102-104(98,99)101-89-88-95(3,4)5)103-94(97)87-85-83-81-79-77-75-73-71-69-67-65-63-61-59-57-55-53-51-48-45-43-41-39-37-35-33-31-29-27-25-23-21-19-17-15-13-11-9-7-2/h9,11,15,17,21,23-24,26-27,29,33,35,92H,6-8,10,12-14,16,18-20,22,25,28,30-32,34,36-91H2,1-5H3/p+1/b11-9-,17-15-,23-21-,26-24-,29-27-,35-33-. The van der Waals surface area contributed by atoms with Crippen LogP contribution in [0.3, 0.4) is 0 Å². The summed E-state index contributed by atoms with van der Waals surface area (Å²) in [5, 5.41) is 0. The van der Waals surface area contributed by atoms with Crippen molar-refractivity contribution < 1.29 is 42.1 Å². The van der Waals surface area contributed by atoms with Crippen molar-refractivity contribution in [3.8, 4) is 0 Å². The summed E-state index contributed by atoms with van der Waals surface area (Å²) >= 11 is 0. The number of rotatable bonds is 86. The monoisotopic (exact) mass is 1480 g/mol. The Morgan fingerprint density at radius 3 is 0.827 bits per heavy atom. The van der Waals surface area contributed by atoms with Gasteiger partial charge in [0.15, 0.2) is 6.10 Å². The minimum atomic E-state index is -4.40. The lowest BCUT2D eigenvalue weighted by atomic mass is 10.0. The quantitative estimate of drug-likeness (QED) is 0.0211. The van der Waals surface area contributed by atoms with E-state index in [-0.39, 0.29) is 25.6 Å². The second-order valence-electron chi connectivity index (χ2n) is 32.3. The van der Waals surface area contributed by atoms with Gasteiger partial charge in [0, 0.05) is 12.8 Å². The van der Waals surface area contributed by atoms with Gasteiger partial charge in [-0.25, -0.2) is 4.57 Å². The van der Waals surface area contributed by atoms with E-state index in [1.165, 1.54) is 366 Å². The summed E-state index contributed by atoms with van der Waals surface area (Å²) < 4.78 is 34.9. The Balaban J connectivity index is 3.83. The molecule has 0 rings (SSSR count). The van der Waals surface area contributed by atoms with Crippen molar-refractivity contribution in [2.75, 3.05) is 47.5 Å². The fourth-order valence-corrected chi connectivity index (χ4v) is 14.6. The Bertz CT molecular complexity index is 1990. The van der Waals surface area contributed by atoms with Gasteiger partial charge in [0.2, 0.25) is 0 Å². The molecule has 2 unspecified atom stereocenters. The molecule has 1 N–H and O–H groups in total. The van der Waals surface area contributed by atoms with Crippen LogP contribution in [0.25, 0.3) is 0 Å². The normalized spacial score (nSPS) is 13.2. The zero-order valence-corrected chi connectivity index (χ0v) is 70.9. The number of allylic oxidation sites excluding steroid dienone is 12. The molecular formula is C94H177NO8P+. The molecule has 0 aromatic carbocycles. The molecule has 0 aliphatic rings. The van der Waals surface area contributed by atoms with E-state index in [0.717, 1.165) is 64.2 Å². The maximum absolute atomic E-state index is 13.0. The molecule has 0 aromatic rings. The number of hydrogen-bond donors (Lipinski definition) is 1. The van der Waals surface area contributed by atoms with Crippen molar-refractivity contribution >= 4 is 19.8 Å². The number of phosphoric acid groups is 1. The molecule has 0 aliphatic carbocycles. The van der Waals surface area contributed by atoms with E-state index in [9.17, 15) is 19.0 Å². The van der Waals surface area contributed by atoms with Crippen LogP contribution in [0.2, 0.25) is 0 Å². The average molecular weight is 1480 g/mol. The Labute approximate surface area is 648 Å². The molecule has 0 radical (unpaired) electrons. The number of carbonyl (C=O) groups excluding carboxylic acids is 2. The predicted octanol–water partition coefficient (Wildman–Crippen LogP) is 31.0. The Morgan fingerprint density at radius 2 is 0.548 bits per heavy atom. The van der Waals surface area contributed by atoms with Crippen LogP contribution in [0.4, 0.5) is 0 Å². The van der Waals surface area contributed by atoms with Crippen molar-refractivity contribution in [2.45, 2.75) is 469 Å². The van der Waals surface area contributed by atoms with Crippen molar-refractivity contribution in [3.05, 3.63) is 72.9 Å². The largest absolute Gasteiger partial charge is 0.472 e. The molecule has 0 amide bonds. The summed E-state index contributed by atoms with van der Waals surface area (Å²) in [5.74, 6) is -0.771. The van der Waals surface area contributed by atoms with Crippen molar-refractivity contribution in [3.63, 3.8) is 0 Å². The third-order valence-corrected chi connectivity index (χ3v) is 21.7. The van der Waals surface area contributed by atoms with Crippen LogP contribution in [0.1, 0.15) is 463 Å². The van der Waals surface area contributed by atoms with Gasteiger partial charge in [-0.2, -0.15) is 0 Å². The molecule has 610 valence electrons. The molecule has 0 saturated heterocycles. The molecule has 0 fully saturated rings. The smallest absolute Gasteiger partial charge is 0.462 e. The second-order valence-corrected chi connectivity index (χ2v) is 33.8. The van der Waals surface area contributed by atoms with E-state index >= 15 is 0 Å². The molecule has 0 saturated carbocycles. The topological polar surface area (TPSA) is 108 Å². The Hall–Kier alpha value is -2.55. The lowest BCUT2D eigenvalue weighted by Gasteiger charge is -2.24. The molecule has 2 atom stereocenters. The van der Waals surface area contributed by atoms with E-state index in [1.807, 2.05) is 21.1 Å². The first-order chi connectivity index (χ1) is 51.0. The number of phosphoric ester groups is 1. The van der Waals surface area contributed by atoms with Crippen LogP contribution >= 0.6 is 7.82 Å². The summed E-state index contributed by atoms with van der Waals surface area (Å²) in [6.45, 7) is 4.40. The van der Waals surface area contributed by atoms with Crippen molar-refractivity contribution in [2.24, 2.45) is 0 Å². The number of unbranched alkanes of at least 4 members (excludes halogenated alkanes) is 60. The number of hydrogen-bond acceptors (Lipinski definition) is 7. The summed E-state index contributed by atoms with van der Waals surface area (Å²) in [5.41, 5.74) is 0. The van der Waals surface area contributed by atoms with Crippen LogP contribution in [0, 0.1) is 0 Å². The third-order valence-electron chi connectivity index (χ3n) is 20.7. The number of nitrogens with zero attached hydrogens (tertiary/aromatic N) is 1. The number of ether oxygens (including phenoxy) is 2. The highest BCUT2D eigenvalue weighted by Gasteiger charge is 2.27. The third kappa shape index (κ3) is 88.4. The van der Waals surface area contributed by atoms with E-state index in [0.29, 0.717) is 23.9 Å². The van der Waals surface area contributed by atoms with Gasteiger partial charge in [0.1, 0.15) is 19.8 Å². The fraction of sp³-hybridized carbons (Fsp3) is 0.851. The average Bonchev–Trinajstić information content (AvgIpc) is 0.915. The molecule has 104 heavy (non-hydrogen) atoms. The fourth-order valence-electron chi connectivity index (χ4n) is 13.8. The van der Waals surface area contributed by atoms with Crippen LogP contribution in [0.15, 0.2) is 72.9 Å². The highest BCUT2D eigenvalue weighted by atomic mass is 31.2. The van der Waals surface area contributed by atoms with Gasteiger partial charge < -0.3 is 18.9 Å². The molecular weight excluding hydrogens is 1300 g/mol. The van der Waals surface area contributed by atoms with Gasteiger partial charge in [-0.3, -0.25) is 18.6 Å². The zero-order chi connectivity index (χ0) is 75.4. The first-order valence-corrected chi connectivity index (χ1v) is 47.2. The first-order valence-electron chi connectivity index (χ1n) is 45.7. The van der Waals surface area contributed by atoms with Crippen molar-refractivity contribution in [1.29, 1.82) is 0 Å². The van der Waals surface area contributed by atoms with Gasteiger partial charge in [-0.05, 0) is 83.5 Å². The molecule has 0 heterocycles. The van der Waals surface area contributed by atoms with E-state index in [1.54, 1.807) is 0 Å². The van der Waals surface area contributed by atoms with Gasteiger partial charge in [0.25, 0.3) is 0 Å². The van der Waals surface area contributed by atoms with Crippen LogP contribution in [0.5, 0.6) is 0 Å². The summed E-state index contributed by atoms with van der Waals surface area (Å²) in [6.07, 6.45) is 117. The maximum Gasteiger partial charge on any atom is 0.472 e. The molecule has 0 aromatic heterocycles. The van der Waals surface area contributed by atoms with Crippen LogP contribution in [-0.4, -0.2) is 74.9 Å².